The molecule has 0 amide bonds. The van der Waals surface area contributed by atoms with Crippen molar-refractivity contribution < 1.29 is 57.9 Å². The molecule has 12 nitrogen and oxygen atoms in total. The van der Waals surface area contributed by atoms with Crippen molar-refractivity contribution in [2.45, 2.75) is 109 Å². The average molecular weight is 1290 g/mol. The molecule has 0 fully saturated rings. The lowest BCUT2D eigenvalue weighted by Crippen LogP contribution is -2.31. The highest BCUT2D eigenvalue weighted by Gasteiger charge is 2.27. The molecule has 0 aliphatic rings. The Kier molecular flexibility index (Phi) is 12.4. The fourth-order valence-electron chi connectivity index (χ4n) is 12.8. The topological polar surface area (TPSA) is 120 Å². The van der Waals surface area contributed by atoms with E-state index in [1.807, 2.05) is 176 Å². The van der Waals surface area contributed by atoms with Gasteiger partial charge in [-0.05, 0) is 195 Å². The third-order valence-corrected chi connectivity index (χ3v) is 17.9. The molecule has 96 heavy (non-hydrogen) atoms. The molecule has 0 saturated heterocycles. The molecule has 0 saturated carbocycles. The second-order valence-corrected chi connectivity index (χ2v) is 25.1. The number of pyridine rings is 8. The SMILES string of the molecule is [2H]C([2H])([2H])C([2H])(C)c1cc[n+](C)c(-c2c(C)ccc3c2oc2nc(C)ccc23)c1.[2H]C([2H])([2H])c1c[n+](C)c(-c2c(C)ccc3c2oc2nc(C)ccc23)cc1C.[2H]C([2H])([2H])c1ccc(-c2c(C)cc(C([2H])([2H])[2H])c3c2oc2nc(C)ccc23)[n+](C)c1.[2H]C([2H])([2H])c1ccc(-c2c(C)ccc3c2oc2nc(C)ccc23)[n+](C)c1. The standard InChI is InChI=1S/C22H23N2O.2C21H21N2O.C20H19N2O/c1-13(2)16-10-11-24(5)19(12-16)20-14(3)6-8-17-18-9-7-15(4)23-22(18)25-21(17)20;1-12-6-9-17(23(5)11-12)19-14(3)10-13(2)18-16-8-7-15(4)22-21(16)24-20(18)19;1-12-6-8-16-17-9-7-15(4)22-21(17)24-20(16)19(12)18-10-13(2)14(3)11-23(18)5;1-12-5-10-17(22(4)11-12)18-13(2)6-8-15-16-9-7-14(3)21-20(16)23-19(15)18/h6-13H,1-5H3;2*6-11H,1-5H3;5-11H,1-4H3/q4*+1/i1D3,13D;1D3,2D3;3D3;1D3. The summed E-state index contributed by atoms with van der Waals surface area (Å²) >= 11 is 0. The minimum Gasteiger partial charge on any atom is -0.437 e. The van der Waals surface area contributed by atoms with Gasteiger partial charge in [-0.3, -0.25) is 0 Å². The lowest BCUT2D eigenvalue weighted by molar-refractivity contribution is -0.660. The van der Waals surface area contributed by atoms with Crippen LogP contribution in [0.3, 0.4) is 0 Å². The van der Waals surface area contributed by atoms with Gasteiger partial charge >= 0.3 is 0 Å². The van der Waals surface area contributed by atoms with Gasteiger partial charge in [-0.2, -0.15) is 0 Å². The predicted octanol–water partition coefficient (Wildman–Crippen LogP) is 19.0. The molecule has 16 aromatic rings. The first kappa shape index (κ1) is 47.2. The quantitative estimate of drug-likeness (QED) is 0.156. The molecule has 4 aromatic carbocycles. The molecule has 0 bridgehead atoms. The Labute approximate surface area is 583 Å². The molecule has 1 atom stereocenters. The number of aryl methyl sites for hydroxylation is 17. The molecule has 0 spiro atoms. The van der Waals surface area contributed by atoms with E-state index in [9.17, 15) is 0 Å². The van der Waals surface area contributed by atoms with E-state index in [1.54, 1.807) is 72.8 Å². The Balaban J connectivity index is 0.000000131. The van der Waals surface area contributed by atoms with Crippen LogP contribution in [0.5, 0.6) is 0 Å². The van der Waals surface area contributed by atoms with Crippen LogP contribution in [-0.2, 0) is 28.2 Å². The van der Waals surface area contributed by atoms with Gasteiger partial charge in [-0.15, -0.1) is 0 Å². The van der Waals surface area contributed by atoms with Crippen molar-refractivity contribution in [1.29, 1.82) is 0 Å². The van der Waals surface area contributed by atoms with E-state index in [0.717, 1.165) is 134 Å². The van der Waals surface area contributed by atoms with Gasteiger partial charge in [0.25, 0.3) is 0 Å². The maximum absolute atomic E-state index is 8.47. The molecular formula is C84H84N8O4+4. The summed E-state index contributed by atoms with van der Waals surface area (Å²) in [5, 5.41) is 7.04. The van der Waals surface area contributed by atoms with Crippen LogP contribution in [0.1, 0.15) is 120 Å². The van der Waals surface area contributed by atoms with Crippen LogP contribution in [-0.4, -0.2) is 19.9 Å². The van der Waals surface area contributed by atoms with Crippen LogP contribution in [0, 0.1) is 89.7 Å². The summed E-state index contributed by atoms with van der Waals surface area (Å²) in [6, 6.07) is 41.8. The van der Waals surface area contributed by atoms with Crippen LogP contribution in [0.2, 0.25) is 0 Å². The highest BCUT2D eigenvalue weighted by Crippen LogP contribution is 2.42. The highest BCUT2D eigenvalue weighted by atomic mass is 16.4. The average Bonchev–Trinajstić information content (AvgIpc) is 1.76. The monoisotopic (exact) mass is 1280 g/mol. The third-order valence-electron chi connectivity index (χ3n) is 17.9. The maximum Gasteiger partial charge on any atom is 0.227 e. The molecule has 12 aromatic heterocycles. The molecule has 480 valence electrons. The van der Waals surface area contributed by atoms with Gasteiger partial charge in [0, 0.05) is 135 Å². The van der Waals surface area contributed by atoms with Gasteiger partial charge in [-0.25, -0.2) is 38.2 Å². The zero-order chi connectivity index (χ0) is 81.3. The van der Waals surface area contributed by atoms with Crippen molar-refractivity contribution in [3.05, 3.63) is 237 Å². The van der Waals surface area contributed by atoms with E-state index in [2.05, 4.69) is 38.1 Å². The van der Waals surface area contributed by atoms with E-state index >= 15 is 0 Å². The van der Waals surface area contributed by atoms with Crippen molar-refractivity contribution in [2.24, 2.45) is 28.2 Å². The molecule has 0 aliphatic heterocycles. The second-order valence-electron chi connectivity index (χ2n) is 25.1. The van der Waals surface area contributed by atoms with Crippen molar-refractivity contribution in [3.8, 4) is 45.0 Å². The number of rotatable bonds is 5. The smallest absolute Gasteiger partial charge is 0.227 e. The van der Waals surface area contributed by atoms with Crippen LogP contribution < -0.4 is 18.3 Å². The molecule has 1 unspecified atom stereocenters. The predicted molar refractivity (Wildman–Crippen MR) is 388 cm³/mol. The zero-order valence-corrected chi connectivity index (χ0v) is 56.2. The number of aromatic nitrogens is 8. The van der Waals surface area contributed by atoms with Gasteiger partial charge < -0.3 is 17.7 Å². The summed E-state index contributed by atoms with van der Waals surface area (Å²) in [6.07, 6.45) is 6.72. The summed E-state index contributed by atoms with van der Waals surface area (Å²) < 4.78 is 157. The number of fused-ring (bicyclic) bond motifs is 12. The number of furan rings is 4. The Morgan fingerprint density at radius 2 is 0.740 bits per heavy atom. The zero-order valence-electron chi connectivity index (χ0n) is 72.2. The molecule has 0 N–H and O–H groups in total. The van der Waals surface area contributed by atoms with Gasteiger partial charge in [-0.1, -0.05) is 56.2 Å². The summed E-state index contributed by atoms with van der Waals surface area (Å²) in [5.74, 6) is -1.72. The number of hydrogen-bond acceptors (Lipinski definition) is 8. The molecule has 12 heterocycles. The Morgan fingerprint density at radius 3 is 1.18 bits per heavy atom. The Hall–Kier alpha value is -10.7. The molecule has 16 rings (SSSR count). The van der Waals surface area contributed by atoms with E-state index in [0.29, 0.717) is 67.0 Å². The number of hydrogen-bond donors (Lipinski definition) is 0. The first-order valence-electron chi connectivity index (χ1n) is 39.6. The molecular weight excluding hydrogens is 1180 g/mol. The number of nitrogens with zero attached hydrogens (tertiary/aromatic N) is 8. The summed E-state index contributed by atoms with van der Waals surface area (Å²) in [7, 11) is 7.39. The third kappa shape index (κ3) is 11.7. The molecule has 12 heteroatoms. The first-order valence-corrected chi connectivity index (χ1v) is 31.6. The molecule has 0 aliphatic carbocycles. The van der Waals surface area contributed by atoms with Gasteiger partial charge in [0.15, 0.2) is 47.1 Å². The summed E-state index contributed by atoms with van der Waals surface area (Å²) in [5.41, 5.74) is 21.3. The fourth-order valence-corrected chi connectivity index (χ4v) is 12.8. The van der Waals surface area contributed by atoms with Crippen LogP contribution in [0.15, 0.2) is 176 Å². The van der Waals surface area contributed by atoms with E-state index in [-0.39, 0.29) is 11.1 Å². The highest BCUT2D eigenvalue weighted by molar-refractivity contribution is 6.12. The van der Waals surface area contributed by atoms with Crippen molar-refractivity contribution >= 4 is 88.3 Å². The lowest BCUT2D eigenvalue weighted by atomic mass is 9.97. The maximum atomic E-state index is 8.47. The second kappa shape index (κ2) is 25.2. The number of benzene rings is 4. The summed E-state index contributed by atoms with van der Waals surface area (Å²) in [4.78, 5) is 18.0. The largest absolute Gasteiger partial charge is 0.437 e. The van der Waals surface area contributed by atoms with Crippen LogP contribution in [0.25, 0.3) is 133 Å². The lowest BCUT2D eigenvalue weighted by Gasteiger charge is -2.09. The molecule has 0 radical (unpaired) electrons. The minimum absolute atomic E-state index is 0.213. The van der Waals surface area contributed by atoms with E-state index < -0.39 is 40.2 Å². The normalized spacial score (nSPS) is 15.3. The van der Waals surface area contributed by atoms with Crippen molar-refractivity contribution in [2.75, 3.05) is 0 Å². The van der Waals surface area contributed by atoms with Crippen molar-refractivity contribution in [1.82, 2.24) is 19.9 Å². The fraction of sp³-hybridized carbons (Fsp3) is 0.238. The Bertz CT molecular complexity index is 6480. The van der Waals surface area contributed by atoms with E-state index in [4.69, 9.17) is 39.6 Å². The van der Waals surface area contributed by atoms with E-state index in [1.165, 1.54) is 6.92 Å². The van der Waals surface area contributed by atoms with Crippen LogP contribution in [0.4, 0.5) is 0 Å². The first-order chi connectivity index (χ1) is 52.3. The van der Waals surface area contributed by atoms with Crippen LogP contribution >= 0.6 is 0 Å². The minimum atomic E-state index is -2.44. The Morgan fingerprint density at radius 1 is 0.344 bits per heavy atom. The van der Waals surface area contributed by atoms with Gasteiger partial charge in [0.05, 0.1) is 22.3 Å². The van der Waals surface area contributed by atoms with Crippen molar-refractivity contribution in [3.63, 3.8) is 0 Å². The summed E-state index contributed by atoms with van der Waals surface area (Å²) in [6.45, 7) is 7.56. The van der Waals surface area contributed by atoms with Gasteiger partial charge in [0.1, 0.15) is 28.2 Å². The van der Waals surface area contributed by atoms with Gasteiger partial charge in [0.2, 0.25) is 45.6 Å².